The second-order valence-corrected chi connectivity index (χ2v) is 8.52. The highest BCUT2D eigenvalue weighted by Crippen LogP contribution is 2.31. The quantitative estimate of drug-likeness (QED) is 0.480. The zero-order chi connectivity index (χ0) is 23.1. The van der Waals surface area contributed by atoms with Gasteiger partial charge in [-0.25, -0.2) is 8.42 Å². The Labute approximate surface area is 191 Å². The van der Waals surface area contributed by atoms with E-state index < -0.39 is 15.9 Å². The van der Waals surface area contributed by atoms with Crippen molar-refractivity contribution in [3.05, 3.63) is 71.8 Å². The maximum absolute atomic E-state index is 12.9. The van der Waals surface area contributed by atoms with Crippen molar-refractivity contribution >= 4 is 38.9 Å². The van der Waals surface area contributed by atoms with E-state index in [0.29, 0.717) is 16.5 Å². The molecule has 0 atom stereocenters. The van der Waals surface area contributed by atoms with E-state index in [9.17, 15) is 13.2 Å². The smallest absolute Gasteiger partial charge is 0.262 e. The molecule has 168 valence electrons. The molecule has 0 aromatic heterocycles. The molecule has 8 nitrogen and oxygen atoms in total. The number of para-hydroxylation sites is 3. The van der Waals surface area contributed by atoms with Gasteiger partial charge < -0.3 is 19.5 Å². The summed E-state index contributed by atoms with van der Waals surface area (Å²) >= 11 is 6.02. The van der Waals surface area contributed by atoms with Gasteiger partial charge in [0.25, 0.3) is 15.9 Å². The molecule has 0 unspecified atom stereocenters. The van der Waals surface area contributed by atoms with Crippen LogP contribution in [0.2, 0.25) is 5.02 Å². The van der Waals surface area contributed by atoms with Crippen molar-refractivity contribution in [1.29, 1.82) is 0 Å². The number of amides is 1. The first-order valence-electron chi connectivity index (χ1n) is 9.35. The number of carbonyl (C=O) groups excluding carboxylic acids is 1. The van der Waals surface area contributed by atoms with Crippen molar-refractivity contribution in [3.63, 3.8) is 0 Å². The molecule has 0 radical (unpaired) electrons. The number of rotatable bonds is 9. The lowest BCUT2D eigenvalue weighted by Crippen LogP contribution is -2.21. The van der Waals surface area contributed by atoms with E-state index in [1.54, 1.807) is 48.5 Å². The van der Waals surface area contributed by atoms with E-state index >= 15 is 0 Å². The van der Waals surface area contributed by atoms with E-state index in [0.717, 1.165) is 0 Å². The molecule has 0 aliphatic heterocycles. The number of methoxy groups -OCH3 is 2. The molecule has 0 aliphatic rings. The standard InChI is InChI=1S/C22H21ClN2O6S/c1-29-20-10-6-4-8-17(20)25-32(27,28)15-11-12-21(30-2)18(13-15)24-22(26)14-31-19-9-5-3-7-16(19)23/h3-13,25H,14H2,1-2H3,(H,24,26). The summed E-state index contributed by atoms with van der Waals surface area (Å²) in [6.45, 7) is -0.330. The molecule has 0 bridgehead atoms. The third-order valence-electron chi connectivity index (χ3n) is 4.30. The Morgan fingerprint density at radius 3 is 2.19 bits per heavy atom. The fraction of sp³-hybridized carbons (Fsp3) is 0.136. The number of nitrogens with one attached hydrogen (secondary N) is 2. The van der Waals surface area contributed by atoms with E-state index in [-0.39, 0.29) is 28.6 Å². The fourth-order valence-corrected chi connectivity index (χ4v) is 4.06. The lowest BCUT2D eigenvalue weighted by Gasteiger charge is -2.15. The summed E-state index contributed by atoms with van der Waals surface area (Å²) in [6, 6.07) is 17.5. The zero-order valence-corrected chi connectivity index (χ0v) is 18.9. The average Bonchev–Trinajstić information content (AvgIpc) is 2.78. The zero-order valence-electron chi connectivity index (χ0n) is 17.3. The molecule has 32 heavy (non-hydrogen) atoms. The lowest BCUT2D eigenvalue weighted by molar-refractivity contribution is -0.118. The van der Waals surface area contributed by atoms with Crippen LogP contribution >= 0.6 is 11.6 Å². The van der Waals surface area contributed by atoms with Crippen LogP contribution in [0, 0.1) is 0 Å². The van der Waals surface area contributed by atoms with E-state index in [2.05, 4.69) is 10.0 Å². The van der Waals surface area contributed by atoms with Gasteiger partial charge in [-0.15, -0.1) is 0 Å². The number of ether oxygens (including phenoxy) is 3. The van der Waals surface area contributed by atoms with Gasteiger partial charge in [0, 0.05) is 0 Å². The number of hydrogen-bond acceptors (Lipinski definition) is 6. The third-order valence-corrected chi connectivity index (χ3v) is 5.98. The van der Waals surface area contributed by atoms with Crippen molar-refractivity contribution in [3.8, 4) is 17.2 Å². The summed E-state index contributed by atoms with van der Waals surface area (Å²) in [5, 5.41) is 2.97. The molecule has 0 saturated heterocycles. The molecule has 3 aromatic rings. The summed E-state index contributed by atoms with van der Waals surface area (Å²) in [7, 11) is -1.12. The van der Waals surface area contributed by atoms with Crippen molar-refractivity contribution in [1.82, 2.24) is 0 Å². The largest absolute Gasteiger partial charge is 0.495 e. The highest BCUT2D eigenvalue weighted by Gasteiger charge is 2.19. The molecule has 3 aromatic carbocycles. The van der Waals surface area contributed by atoms with Crippen molar-refractivity contribution in [2.45, 2.75) is 4.90 Å². The van der Waals surface area contributed by atoms with Crippen molar-refractivity contribution in [2.24, 2.45) is 0 Å². The number of halogens is 1. The number of carbonyl (C=O) groups is 1. The first-order valence-corrected chi connectivity index (χ1v) is 11.2. The van der Waals surface area contributed by atoms with Crippen LogP contribution in [-0.4, -0.2) is 35.2 Å². The highest BCUT2D eigenvalue weighted by molar-refractivity contribution is 7.92. The van der Waals surface area contributed by atoms with Crippen LogP contribution in [0.4, 0.5) is 11.4 Å². The van der Waals surface area contributed by atoms with Gasteiger partial charge in [0.15, 0.2) is 6.61 Å². The average molecular weight is 477 g/mol. The van der Waals surface area contributed by atoms with Crippen LogP contribution in [-0.2, 0) is 14.8 Å². The molecule has 0 spiro atoms. The molecule has 0 aliphatic carbocycles. The Bertz CT molecular complexity index is 1220. The van der Waals surface area contributed by atoms with Gasteiger partial charge in [0.2, 0.25) is 0 Å². The van der Waals surface area contributed by atoms with Crippen LogP contribution in [0.3, 0.4) is 0 Å². The second-order valence-electron chi connectivity index (χ2n) is 6.44. The van der Waals surface area contributed by atoms with E-state index in [4.69, 9.17) is 25.8 Å². The summed E-state index contributed by atoms with van der Waals surface area (Å²) in [4.78, 5) is 12.3. The van der Waals surface area contributed by atoms with Gasteiger partial charge in [-0.3, -0.25) is 9.52 Å². The van der Waals surface area contributed by atoms with Crippen LogP contribution in [0.5, 0.6) is 17.2 Å². The minimum absolute atomic E-state index is 0.0773. The Hall–Kier alpha value is -3.43. The predicted octanol–water partition coefficient (Wildman–Crippen LogP) is 4.18. The van der Waals surface area contributed by atoms with E-state index in [1.807, 2.05) is 0 Å². The minimum Gasteiger partial charge on any atom is -0.495 e. The van der Waals surface area contributed by atoms with Crippen LogP contribution in [0.1, 0.15) is 0 Å². The SMILES string of the molecule is COc1ccc(S(=O)(=O)Nc2ccccc2OC)cc1NC(=O)COc1ccccc1Cl. The molecule has 0 fully saturated rings. The number of anilines is 2. The monoisotopic (exact) mass is 476 g/mol. The van der Waals surface area contributed by atoms with Crippen molar-refractivity contribution in [2.75, 3.05) is 30.9 Å². The van der Waals surface area contributed by atoms with E-state index in [1.165, 1.54) is 32.4 Å². The van der Waals surface area contributed by atoms with Gasteiger partial charge in [-0.05, 0) is 42.5 Å². The maximum Gasteiger partial charge on any atom is 0.262 e. The number of sulfonamides is 1. The first kappa shape index (κ1) is 23.2. The topological polar surface area (TPSA) is 103 Å². The van der Waals surface area contributed by atoms with Crippen LogP contribution in [0.15, 0.2) is 71.6 Å². The Morgan fingerprint density at radius 1 is 0.875 bits per heavy atom. The minimum atomic E-state index is -3.98. The third kappa shape index (κ3) is 5.63. The van der Waals surface area contributed by atoms with Gasteiger partial charge in [-0.1, -0.05) is 35.9 Å². The number of hydrogen-bond donors (Lipinski definition) is 2. The molecule has 10 heteroatoms. The van der Waals surface area contributed by atoms with Crippen molar-refractivity contribution < 1.29 is 27.4 Å². The Kier molecular flexibility index (Phi) is 7.45. The normalized spacial score (nSPS) is 10.8. The maximum atomic E-state index is 12.9. The summed E-state index contributed by atoms with van der Waals surface area (Å²) in [5.74, 6) is 0.492. The Morgan fingerprint density at radius 2 is 1.50 bits per heavy atom. The van der Waals surface area contributed by atoms with Gasteiger partial charge in [0.05, 0.1) is 35.5 Å². The van der Waals surface area contributed by atoms with Crippen LogP contribution in [0.25, 0.3) is 0 Å². The van der Waals surface area contributed by atoms with Gasteiger partial charge in [0.1, 0.15) is 17.2 Å². The lowest BCUT2D eigenvalue weighted by atomic mass is 10.3. The van der Waals surface area contributed by atoms with Gasteiger partial charge in [-0.2, -0.15) is 0 Å². The molecule has 3 rings (SSSR count). The highest BCUT2D eigenvalue weighted by atomic mass is 35.5. The molecular formula is C22H21ClN2O6S. The van der Waals surface area contributed by atoms with Gasteiger partial charge >= 0.3 is 0 Å². The summed E-state index contributed by atoms with van der Waals surface area (Å²) < 4.78 is 44.1. The molecule has 2 N–H and O–H groups in total. The molecular weight excluding hydrogens is 456 g/mol. The molecule has 0 heterocycles. The first-order chi connectivity index (χ1) is 15.3. The second kappa shape index (κ2) is 10.3. The fourth-order valence-electron chi connectivity index (χ4n) is 2.78. The summed E-state index contributed by atoms with van der Waals surface area (Å²) in [5.41, 5.74) is 0.452. The van der Waals surface area contributed by atoms with Crippen LogP contribution < -0.4 is 24.2 Å². The Balaban J connectivity index is 1.78. The molecule has 1 amide bonds. The molecule has 0 saturated carbocycles. The predicted molar refractivity (Wildman–Crippen MR) is 122 cm³/mol. The summed E-state index contributed by atoms with van der Waals surface area (Å²) in [6.07, 6.45) is 0. The number of benzene rings is 3.